The van der Waals surface area contributed by atoms with Crippen LogP contribution in [0.5, 0.6) is 0 Å². The first kappa shape index (κ1) is 20.3. The minimum Gasteiger partial charge on any atom is -0.322 e. The number of hydrogen-bond acceptors (Lipinski definition) is 4. The van der Waals surface area contributed by atoms with Gasteiger partial charge in [0.1, 0.15) is 0 Å². The van der Waals surface area contributed by atoms with Crippen molar-refractivity contribution in [1.29, 1.82) is 0 Å². The van der Waals surface area contributed by atoms with Gasteiger partial charge in [0.15, 0.2) is 0 Å². The molecule has 2 N–H and O–H groups in total. The largest absolute Gasteiger partial charge is 0.322 e. The highest BCUT2D eigenvalue weighted by Gasteiger charge is 2.13. The van der Waals surface area contributed by atoms with Crippen molar-refractivity contribution in [3.05, 3.63) is 54.1 Å². The number of rotatable bonds is 8. The molecule has 5 nitrogen and oxygen atoms in total. The van der Waals surface area contributed by atoms with Gasteiger partial charge in [-0.3, -0.25) is 9.52 Å². The fourth-order valence-corrected chi connectivity index (χ4v) is 4.42. The zero-order valence-corrected chi connectivity index (χ0v) is 16.8. The average molecular weight is 393 g/mol. The van der Waals surface area contributed by atoms with Gasteiger partial charge in [0.05, 0.1) is 11.3 Å². The van der Waals surface area contributed by atoms with Crippen molar-refractivity contribution < 1.29 is 13.2 Å². The van der Waals surface area contributed by atoms with Gasteiger partial charge in [0, 0.05) is 21.5 Å². The number of anilines is 2. The molecule has 0 heterocycles. The van der Waals surface area contributed by atoms with E-state index in [0.29, 0.717) is 28.6 Å². The third-order valence-corrected chi connectivity index (χ3v) is 5.96. The van der Waals surface area contributed by atoms with Crippen LogP contribution in [0, 0.1) is 0 Å². The zero-order chi connectivity index (χ0) is 19.2. The summed E-state index contributed by atoms with van der Waals surface area (Å²) in [5.41, 5.74) is 1.71. The summed E-state index contributed by atoms with van der Waals surface area (Å²) in [4.78, 5) is 13.5. The van der Waals surface area contributed by atoms with Gasteiger partial charge in [-0.2, -0.15) is 0 Å². The van der Waals surface area contributed by atoms with E-state index in [4.69, 9.17) is 0 Å². The second kappa shape index (κ2) is 9.09. The number of carbonyl (C=O) groups excluding carboxylic acids is 1. The number of carbonyl (C=O) groups is 1. The molecule has 0 bridgehead atoms. The highest BCUT2D eigenvalue weighted by molar-refractivity contribution is 8.00. The van der Waals surface area contributed by atoms with Crippen LogP contribution in [0.2, 0.25) is 0 Å². The Morgan fingerprint density at radius 3 is 2.27 bits per heavy atom. The Kier molecular flexibility index (Phi) is 7.11. The highest BCUT2D eigenvalue weighted by atomic mass is 32.2. The quantitative estimate of drug-likeness (QED) is 0.644. The first-order valence-electron chi connectivity index (χ1n) is 8.48. The number of benzene rings is 2. The predicted molar refractivity (Wildman–Crippen MR) is 110 cm³/mol. The van der Waals surface area contributed by atoms with Crippen molar-refractivity contribution in [2.24, 2.45) is 0 Å². The van der Waals surface area contributed by atoms with Crippen LogP contribution in [-0.2, 0) is 10.0 Å². The third kappa shape index (κ3) is 6.07. The lowest BCUT2D eigenvalue weighted by atomic mass is 10.2. The Balaban J connectivity index is 2.09. The van der Waals surface area contributed by atoms with Crippen molar-refractivity contribution in [3.8, 4) is 0 Å². The van der Waals surface area contributed by atoms with Gasteiger partial charge in [-0.15, -0.1) is 11.8 Å². The Morgan fingerprint density at radius 2 is 1.65 bits per heavy atom. The zero-order valence-electron chi connectivity index (χ0n) is 15.2. The third-order valence-electron chi connectivity index (χ3n) is 3.38. The Morgan fingerprint density at radius 1 is 1.04 bits per heavy atom. The minimum absolute atomic E-state index is 0.0792. The lowest BCUT2D eigenvalue weighted by Crippen LogP contribution is -2.16. The van der Waals surface area contributed by atoms with Gasteiger partial charge >= 0.3 is 0 Å². The van der Waals surface area contributed by atoms with Gasteiger partial charge in [0.2, 0.25) is 10.0 Å². The first-order chi connectivity index (χ1) is 12.3. The molecule has 2 rings (SSSR count). The highest BCUT2D eigenvalue weighted by Crippen LogP contribution is 2.27. The Bertz CT molecular complexity index is 847. The van der Waals surface area contributed by atoms with E-state index >= 15 is 0 Å². The van der Waals surface area contributed by atoms with Crippen LogP contribution in [0.15, 0.2) is 53.4 Å². The summed E-state index contributed by atoms with van der Waals surface area (Å²) in [5.74, 6) is -0.108. The maximum Gasteiger partial charge on any atom is 0.256 e. The lowest BCUT2D eigenvalue weighted by molar-refractivity contribution is 0.102. The summed E-state index contributed by atoms with van der Waals surface area (Å²) in [5, 5.41) is 3.23. The molecule has 7 heteroatoms. The van der Waals surface area contributed by atoms with Gasteiger partial charge in [-0.25, -0.2) is 8.42 Å². The summed E-state index contributed by atoms with van der Waals surface area (Å²) in [6, 6.07) is 14.1. The van der Waals surface area contributed by atoms with Gasteiger partial charge in [0.25, 0.3) is 5.91 Å². The molecule has 0 saturated carbocycles. The van der Waals surface area contributed by atoms with E-state index in [1.54, 1.807) is 42.1 Å². The summed E-state index contributed by atoms with van der Waals surface area (Å²) in [6.45, 7) is 5.97. The molecule has 0 unspecified atom stereocenters. The van der Waals surface area contributed by atoms with E-state index in [-0.39, 0.29) is 11.7 Å². The molecule has 0 aromatic heterocycles. The molecule has 26 heavy (non-hydrogen) atoms. The number of hydrogen-bond donors (Lipinski definition) is 2. The topological polar surface area (TPSA) is 75.3 Å². The van der Waals surface area contributed by atoms with Gasteiger partial charge in [-0.1, -0.05) is 32.9 Å². The standard InChI is InChI=1S/C19H24N2O3S2/c1-4-13-26(23,24)21-16-11-9-15(10-12-16)20-19(22)17-7-5-6-8-18(17)25-14(2)3/h5-12,14,21H,4,13H2,1-3H3,(H,20,22). The van der Waals surface area contributed by atoms with Gasteiger partial charge in [-0.05, 0) is 42.8 Å². The molecule has 0 spiro atoms. The van der Waals surface area contributed by atoms with E-state index in [1.807, 2.05) is 25.1 Å². The smallest absolute Gasteiger partial charge is 0.256 e. The summed E-state index contributed by atoms with van der Waals surface area (Å²) in [6.07, 6.45) is 0.553. The maximum absolute atomic E-state index is 12.6. The molecule has 140 valence electrons. The normalized spacial score (nSPS) is 11.4. The van der Waals surface area contributed by atoms with Crippen LogP contribution in [-0.4, -0.2) is 25.3 Å². The molecule has 0 radical (unpaired) electrons. The van der Waals surface area contributed by atoms with E-state index in [1.165, 1.54) is 0 Å². The fourth-order valence-electron chi connectivity index (χ4n) is 2.33. The van der Waals surface area contributed by atoms with Crippen LogP contribution in [0.3, 0.4) is 0 Å². The monoisotopic (exact) mass is 392 g/mol. The first-order valence-corrected chi connectivity index (χ1v) is 11.0. The van der Waals surface area contributed by atoms with E-state index < -0.39 is 10.0 Å². The number of thioether (sulfide) groups is 1. The van der Waals surface area contributed by atoms with Crippen molar-refractivity contribution in [3.63, 3.8) is 0 Å². The van der Waals surface area contributed by atoms with Crippen LogP contribution in [0.1, 0.15) is 37.6 Å². The number of amides is 1. The van der Waals surface area contributed by atoms with Crippen molar-refractivity contribution in [2.45, 2.75) is 37.3 Å². The summed E-state index contributed by atoms with van der Waals surface area (Å²) >= 11 is 1.64. The number of sulfonamides is 1. The average Bonchev–Trinajstić information content (AvgIpc) is 2.56. The van der Waals surface area contributed by atoms with E-state index in [0.717, 1.165) is 4.90 Å². The van der Waals surface area contributed by atoms with Crippen LogP contribution < -0.4 is 10.0 Å². The Labute approximate surface area is 159 Å². The van der Waals surface area contributed by atoms with E-state index in [9.17, 15) is 13.2 Å². The van der Waals surface area contributed by atoms with Crippen molar-refractivity contribution in [2.75, 3.05) is 15.8 Å². The number of nitrogens with one attached hydrogen (secondary N) is 2. The van der Waals surface area contributed by atoms with Crippen LogP contribution >= 0.6 is 11.8 Å². The minimum atomic E-state index is -3.32. The molecule has 0 aliphatic rings. The molecule has 2 aromatic rings. The lowest BCUT2D eigenvalue weighted by Gasteiger charge is -2.12. The van der Waals surface area contributed by atoms with Crippen molar-refractivity contribution >= 4 is 39.1 Å². The molecule has 0 atom stereocenters. The molecule has 0 aliphatic heterocycles. The molecule has 0 aliphatic carbocycles. The van der Waals surface area contributed by atoms with Gasteiger partial charge < -0.3 is 5.32 Å². The van der Waals surface area contributed by atoms with Crippen LogP contribution in [0.4, 0.5) is 11.4 Å². The van der Waals surface area contributed by atoms with Crippen molar-refractivity contribution in [1.82, 2.24) is 0 Å². The summed E-state index contributed by atoms with van der Waals surface area (Å²) < 4.78 is 26.1. The molecular weight excluding hydrogens is 368 g/mol. The Hall–Kier alpha value is -1.99. The molecule has 0 fully saturated rings. The second-order valence-electron chi connectivity index (χ2n) is 6.12. The molecular formula is C19H24N2O3S2. The summed E-state index contributed by atoms with van der Waals surface area (Å²) in [7, 11) is -3.32. The second-order valence-corrected chi connectivity index (χ2v) is 9.58. The predicted octanol–water partition coefficient (Wildman–Crippen LogP) is 4.59. The molecule has 2 aromatic carbocycles. The molecule has 0 saturated heterocycles. The SMILES string of the molecule is CCCS(=O)(=O)Nc1ccc(NC(=O)c2ccccc2SC(C)C)cc1. The maximum atomic E-state index is 12.6. The van der Waals surface area contributed by atoms with Crippen LogP contribution in [0.25, 0.3) is 0 Å². The van der Waals surface area contributed by atoms with E-state index in [2.05, 4.69) is 23.9 Å². The fraction of sp³-hybridized carbons (Fsp3) is 0.316. The molecule has 1 amide bonds.